The zero-order valence-electron chi connectivity index (χ0n) is 9.95. The summed E-state index contributed by atoms with van der Waals surface area (Å²) in [5.41, 5.74) is 0.847. The molecule has 0 spiro atoms. The van der Waals surface area contributed by atoms with Crippen LogP contribution in [0.5, 0.6) is 0 Å². The molecule has 1 aliphatic heterocycles. The molecule has 0 aromatic heterocycles. The molecule has 0 aliphatic carbocycles. The highest BCUT2D eigenvalue weighted by Crippen LogP contribution is 2.14. The fourth-order valence-corrected chi connectivity index (χ4v) is 2.35. The Balaban J connectivity index is 1.69. The van der Waals surface area contributed by atoms with Crippen molar-refractivity contribution >= 4 is 16.5 Å². The molecule has 1 saturated heterocycles. The zero-order valence-corrected chi connectivity index (χ0v) is 10.8. The fraction of sp³-hybridized carbons (Fsp3) is 0.364. The van der Waals surface area contributed by atoms with Crippen LogP contribution in [0.3, 0.4) is 0 Å². The van der Waals surface area contributed by atoms with Gasteiger partial charge in [-0.3, -0.25) is 0 Å². The minimum absolute atomic E-state index is 0.0702. The first-order valence-electron chi connectivity index (χ1n) is 5.62. The first kappa shape index (κ1) is 13.8. The lowest BCUT2D eigenvalue weighted by molar-refractivity contribution is 0.122. The second-order valence-corrected chi connectivity index (χ2v) is 5.50. The number of nitrogens with one attached hydrogen (secondary N) is 1. The van der Waals surface area contributed by atoms with E-state index in [1.165, 1.54) is 0 Å². The monoisotopic (exact) mass is 288 g/mol. The summed E-state index contributed by atoms with van der Waals surface area (Å²) in [6, 6.07) is 8.72. The highest BCUT2D eigenvalue weighted by atomic mass is 32.3. The van der Waals surface area contributed by atoms with Crippen molar-refractivity contribution in [2.24, 2.45) is 0 Å². The number of benzene rings is 1. The summed E-state index contributed by atoms with van der Waals surface area (Å²) >= 11 is 0. The van der Waals surface area contributed by atoms with Gasteiger partial charge in [0.05, 0.1) is 6.04 Å². The van der Waals surface area contributed by atoms with E-state index in [0.29, 0.717) is 4.31 Å². The van der Waals surface area contributed by atoms with Gasteiger partial charge in [-0.05, 0) is 5.56 Å². The van der Waals surface area contributed by atoms with E-state index in [9.17, 15) is 17.1 Å². The van der Waals surface area contributed by atoms with Crippen molar-refractivity contribution in [3.05, 3.63) is 35.9 Å². The average Bonchev–Trinajstić information content (AvgIpc) is 2.30. The van der Waals surface area contributed by atoms with Gasteiger partial charge in [-0.25, -0.2) is 4.79 Å². The number of nitrogens with zero attached hydrogens (tertiary/aromatic N) is 1. The van der Waals surface area contributed by atoms with Crippen LogP contribution in [-0.4, -0.2) is 37.9 Å². The molecule has 104 valence electrons. The first-order chi connectivity index (χ1) is 8.95. The van der Waals surface area contributed by atoms with Crippen LogP contribution < -0.4 is 5.32 Å². The topological polar surface area (TPSA) is 75.7 Å². The first-order valence-corrected chi connectivity index (χ1v) is 6.96. The van der Waals surface area contributed by atoms with Crippen LogP contribution >= 0.6 is 0 Å². The molecular weight excluding hydrogens is 275 g/mol. The number of ether oxygens (including phenoxy) is 1. The van der Waals surface area contributed by atoms with E-state index in [2.05, 4.69) is 5.32 Å². The third kappa shape index (κ3) is 3.90. The van der Waals surface area contributed by atoms with Gasteiger partial charge >= 0.3 is 16.5 Å². The average molecular weight is 288 g/mol. The van der Waals surface area contributed by atoms with Crippen molar-refractivity contribution in [2.75, 3.05) is 13.1 Å². The third-order valence-corrected chi connectivity index (χ3v) is 3.61. The van der Waals surface area contributed by atoms with Crippen LogP contribution in [0.25, 0.3) is 0 Å². The minimum atomic E-state index is -4.65. The number of amides is 1. The molecule has 1 heterocycles. The van der Waals surface area contributed by atoms with Gasteiger partial charge in [-0.15, -0.1) is 0 Å². The quantitative estimate of drug-likeness (QED) is 0.832. The standard InChI is InChI=1S/C11H13FN2O4S/c12-19(16,17)14-6-10(7-14)13-11(15)18-8-9-4-2-1-3-5-9/h1-5,10H,6-8H2,(H,13,15). The van der Waals surface area contributed by atoms with E-state index in [1.54, 1.807) is 0 Å². The van der Waals surface area contributed by atoms with Gasteiger partial charge in [-0.2, -0.15) is 12.7 Å². The molecule has 0 unspecified atom stereocenters. The second kappa shape index (κ2) is 5.54. The molecule has 0 bridgehead atoms. The van der Waals surface area contributed by atoms with Gasteiger partial charge in [0.25, 0.3) is 0 Å². The maximum absolute atomic E-state index is 12.5. The molecule has 6 nitrogen and oxygen atoms in total. The summed E-state index contributed by atoms with van der Waals surface area (Å²) in [5, 5.41) is 2.45. The van der Waals surface area contributed by atoms with Crippen LogP contribution in [0.2, 0.25) is 0 Å². The van der Waals surface area contributed by atoms with E-state index in [1.807, 2.05) is 30.3 Å². The van der Waals surface area contributed by atoms with Crippen LogP contribution in [-0.2, 0) is 21.8 Å². The smallest absolute Gasteiger partial charge is 0.407 e. The Bertz CT molecular complexity index is 543. The summed E-state index contributed by atoms with van der Waals surface area (Å²) in [6.07, 6.45) is -0.648. The molecule has 19 heavy (non-hydrogen) atoms. The Morgan fingerprint density at radius 2 is 2.00 bits per heavy atom. The van der Waals surface area contributed by atoms with Gasteiger partial charge in [0.15, 0.2) is 0 Å². The van der Waals surface area contributed by atoms with E-state index in [-0.39, 0.29) is 19.7 Å². The van der Waals surface area contributed by atoms with Gasteiger partial charge < -0.3 is 10.1 Å². The lowest BCUT2D eigenvalue weighted by Gasteiger charge is -2.35. The molecule has 1 fully saturated rings. The molecule has 1 amide bonds. The van der Waals surface area contributed by atoms with Crippen molar-refractivity contribution in [1.82, 2.24) is 9.62 Å². The predicted molar refractivity (Wildman–Crippen MR) is 65.2 cm³/mol. The molecule has 1 aliphatic rings. The van der Waals surface area contributed by atoms with Gasteiger partial charge in [-0.1, -0.05) is 34.2 Å². The number of rotatable bonds is 4. The normalized spacial score (nSPS) is 16.7. The Hall–Kier alpha value is -1.67. The van der Waals surface area contributed by atoms with Crippen molar-refractivity contribution in [2.45, 2.75) is 12.6 Å². The highest BCUT2D eigenvalue weighted by molar-refractivity contribution is 7.84. The molecule has 0 saturated carbocycles. The number of carbonyl (C=O) groups excluding carboxylic acids is 1. The summed E-state index contributed by atoms with van der Waals surface area (Å²) in [7, 11) is -4.65. The van der Waals surface area contributed by atoms with Crippen molar-refractivity contribution < 1.29 is 21.8 Å². The Labute approximate surface area is 110 Å². The number of hydrogen-bond donors (Lipinski definition) is 1. The summed E-state index contributed by atoms with van der Waals surface area (Å²) in [5.74, 6) is 0. The van der Waals surface area contributed by atoms with Crippen LogP contribution in [0, 0.1) is 0 Å². The SMILES string of the molecule is O=C(NC1CN(S(=O)(=O)F)C1)OCc1ccccc1. The van der Waals surface area contributed by atoms with E-state index in [4.69, 9.17) is 4.74 Å². The van der Waals surface area contributed by atoms with Crippen molar-refractivity contribution in [1.29, 1.82) is 0 Å². The predicted octanol–water partition coefficient (Wildman–Crippen LogP) is 0.811. The number of halogens is 1. The van der Waals surface area contributed by atoms with Crippen LogP contribution in [0.1, 0.15) is 5.56 Å². The summed E-state index contributed by atoms with van der Waals surface area (Å²) in [4.78, 5) is 11.4. The lowest BCUT2D eigenvalue weighted by atomic mass is 10.2. The highest BCUT2D eigenvalue weighted by Gasteiger charge is 2.36. The van der Waals surface area contributed by atoms with E-state index in [0.717, 1.165) is 5.56 Å². The molecule has 2 rings (SSSR count). The van der Waals surface area contributed by atoms with E-state index >= 15 is 0 Å². The summed E-state index contributed by atoms with van der Waals surface area (Å²) < 4.78 is 39.0. The third-order valence-electron chi connectivity index (χ3n) is 2.69. The maximum Gasteiger partial charge on any atom is 0.407 e. The maximum atomic E-state index is 12.5. The van der Waals surface area contributed by atoms with E-state index < -0.39 is 22.5 Å². The van der Waals surface area contributed by atoms with Crippen molar-refractivity contribution in [3.63, 3.8) is 0 Å². The number of alkyl carbamates (subject to hydrolysis) is 1. The van der Waals surface area contributed by atoms with Gasteiger partial charge in [0.2, 0.25) is 0 Å². The van der Waals surface area contributed by atoms with Crippen LogP contribution in [0.15, 0.2) is 30.3 Å². The molecule has 0 radical (unpaired) electrons. The summed E-state index contributed by atoms with van der Waals surface area (Å²) in [6.45, 7) is -0.0109. The number of carbonyl (C=O) groups is 1. The zero-order chi connectivity index (χ0) is 13.9. The van der Waals surface area contributed by atoms with Gasteiger partial charge in [0, 0.05) is 13.1 Å². The molecule has 8 heteroatoms. The Morgan fingerprint density at radius 3 is 2.58 bits per heavy atom. The molecule has 1 N–H and O–H groups in total. The minimum Gasteiger partial charge on any atom is -0.445 e. The lowest BCUT2D eigenvalue weighted by Crippen LogP contribution is -2.60. The van der Waals surface area contributed by atoms with Crippen molar-refractivity contribution in [3.8, 4) is 0 Å². The van der Waals surface area contributed by atoms with Gasteiger partial charge in [0.1, 0.15) is 6.61 Å². The van der Waals surface area contributed by atoms with Crippen LogP contribution in [0.4, 0.5) is 8.68 Å². The Kier molecular flexibility index (Phi) is 4.01. The molecule has 1 aromatic rings. The molecule has 0 atom stereocenters. The largest absolute Gasteiger partial charge is 0.445 e. The molecular formula is C11H13FN2O4S. The molecule has 1 aromatic carbocycles. The number of hydrogen-bond acceptors (Lipinski definition) is 4. The Morgan fingerprint density at radius 1 is 1.37 bits per heavy atom. The fourth-order valence-electron chi connectivity index (χ4n) is 1.64. The second-order valence-electron chi connectivity index (χ2n) is 4.16.